The van der Waals surface area contributed by atoms with E-state index in [4.69, 9.17) is 4.52 Å². The first-order valence-electron chi connectivity index (χ1n) is 6.52. The highest BCUT2D eigenvalue weighted by Gasteiger charge is 2.30. The average molecular weight is 321 g/mol. The highest BCUT2D eigenvalue weighted by Crippen LogP contribution is 2.31. The molecular weight excluding hydrogens is 311 g/mol. The second kappa shape index (κ2) is 5.38. The molecule has 3 aromatic rings. The maximum atomic E-state index is 12.5. The molecule has 1 aromatic carbocycles. The second-order valence-electron chi connectivity index (χ2n) is 4.87. The molecule has 2 aromatic heterocycles. The van der Waals surface area contributed by atoms with E-state index in [1.54, 1.807) is 12.1 Å². The van der Waals surface area contributed by atoms with Gasteiger partial charge in [-0.1, -0.05) is 16.8 Å². The van der Waals surface area contributed by atoms with Crippen LogP contribution in [0.4, 0.5) is 13.2 Å². The average Bonchev–Trinajstić information content (AvgIpc) is 2.99. The Hall–Kier alpha value is -2.90. The third kappa shape index (κ3) is 3.01. The summed E-state index contributed by atoms with van der Waals surface area (Å²) in [5, 5.41) is 13.5. The fourth-order valence-corrected chi connectivity index (χ4v) is 1.95. The van der Waals surface area contributed by atoms with Crippen molar-refractivity contribution in [2.75, 3.05) is 0 Å². The van der Waals surface area contributed by atoms with Gasteiger partial charge < -0.3 is 9.63 Å². The molecule has 0 atom stereocenters. The zero-order valence-corrected chi connectivity index (χ0v) is 11.8. The highest BCUT2D eigenvalue weighted by molar-refractivity contribution is 5.64. The van der Waals surface area contributed by atoms with Crippen molar-refractivity contribution in [3.63, 3.8) is 0 Å². The monoisotopic (exact) mass is 321 g/mol. The number of aromatic nitrogens is 3. The predicted octanol–water partition coefficient (Wildman–Crippen LogP) is 3.83. The molecule has 0 aliphatic carbocycles. The standard InChI is InChI=1S/C15H10F3N3O2/c1-8-2-5-12(22)10(6-8)14-20-13(21-23-14)11-4-3-9(7-19-11)15(16,17)18/h2-7,22H,1H3. The molecule has 23 heavy (non-hydrogen) atoms. The van der Waals surface area contributed by atoms with Gasteiger partial charge in [-0.15, -0.1) is 0 Å². The topological polar surface area (TPSA) is 72.0 Å². The molecule has 118 valence electrons. The predicted molar refractivity (Wildman–Crippen MR) is 74.4 cm³/mol. The minimum absolute atomic E-state index is 0.0359. The van der Waals surface area contributed by atoms with Crippen LogP contribution in [0.15, 0.2) is 41.1 Å². The number of pyridine rings is 1. The highest BCUT2D eigenvalue weighted by atomic mass is 19.4. The van der Waals surface area contributed by atoms with E-state index >= 15 is 0 Å². The molecule has 0 aliphatic rings. The molecule has 0 aliphatic heterocycles. The maximum Gasteiger partial charge on any atom is 0.417 e. The lowest BCUT2D eigenvalue weighted by Gasteiger charge is -2.05. The van der Waals surface area contributed by atoms with Crippen LogP contribution in [0.1, 0.15) is 11.1 Å². The second-order valence-corrected chi connectivity index (χ2v) is 4.87. The molecule has 8 heteroatoms. The largest absolute Gasteiger partial charge is 0.507 e. The molecule has 0 fully saturated rings. The smallest absolute Gasteiger partial charge is 0.417 e. The van der Waals surface area contributed by atoms with E-state index < -0.39 is 11.7 Å². The number of phenols is 1. The van der Waals surface area contributed by atoms with Gasteiger partial charge in [-0.05, 0) is 31.2 Å². The van der Waals surface area contributed by atoms with Crippen molar-refractivity contribution in [3.8, 4) is 28.7 Å². The normalized spacial score (nSPS) is 11.7. The number of halogens is 3. The lowest BCUT2D eigenvalue weighted by molar-refractivity contribution is -0.137. The van der Waals surface area contributed by atoms with Crippen molar-refractivity contribution in [1.82, 2.24) is 15.1 Å². The van der Waals surface area contributed by atoms with Crippen LogP contribution in [-0.2, 0) is 6.18 Å². The summed E-state index contributed by atoms with van der Waals surface area (Å²) in [5.74, 6) is 0.0590. The van der Waals surface area contributed by atoms with Crippen LogP contribution in [0, 0.1) is 6.92 Å². The summed E-state index contributed by atoms with van der Waals surface area (Å²) in [5.41, 5.74) is 0.502. The first-order valence-corrected chi connectivity index (χ1v) is 6.52. The van der Waals surface area contributed by atoms with E-state index in [9.17, 15) is 18.3 Å². The van der Waals surface area contributed by atoms with Gasteiger partial charge in [-0.2, -0.15) is 18.2 Å². The summed E-state index contributed by atoms with van der Waals surface area (Å²) < 4.78 is 42.6. The molecule has 5 nitrogen and oxygen atoms in total. The lowest BCUT2D eigenvalue weighted by atomic mass is 10.1. The minimum Gasteiger partial charge on any atom is -0.507 e. The number of hydrogen-bond acceptors (Lipinski definition) is 5. The van der Waals surface area contributed by atoms with Gasteiger partial charge in [0.15, 0.2) is 0 Å². The quantitative estimate of drug-likeness (QED) is 0.776. The number of nitrogens with zero attached hydrogens (tertiary/aromatic N) is 3. The molecule has 1 N–H and O–H groups in total. The minimum atomic E-state index is -4.46. The van der Waals surface area contributed by atoms with Gasteiger partial charge >= 0.3 is 6.18 Å². The number of hydrogen-bond donors (Lipinski definition) is 1. The van der Waals surface area contributed by atoms with Crippen LogP contribution in [0.3, 0.4) is 0 Å². The molecule has 0 saturated heterocycles. The zero-order chi connectivity index (χ0) is 16.6. The maximum absolute atomic E-state index is 12.5. The van der Waals surface area contributed by atoms with E-state index in [0.29, 0.717) is 11.8 Å². The Labute approximate surface area is 128 Å². The van der Waals surface area contributed by atoms with Gasteiger partial charge in [-0.3, -0.25) is 4.98 Å². The SMILES string of the molecule is Cc1ccc(O)c(-c2nc(-c3ccc(C(F)(F)F)cn3)no2)c1. The molecule has 0 saturated carbocycles. The van der Waals surface area contributed by atoms with Gasteiger partial charge in [0.25, 0.3) is 5.89 Å². The van der Waals surface area contributed by atoms with Gasteiger partial charge in [0.1, 0.15) is 11.4 Å². The molecule has 0 unspecified atom stereocenters. The van der Waals surface area contributed by atoms with Crippen molar-refractivity contribution in [2.45, 2.75) is 13.1 Å². The molecular formula is C15H10F3N3O2. The number of aromatic hydroxyl groups is 1. The van der Waals surface area contributed by atoms with Gasteiger partial charge in [0, 0.05) is 6.20 Å². The number of alkyl halides is 3. The van der Waals surface area contributed by atoms with E-state index in [1.165, 1.54) is 6.07 Å². The Morgan fingerprint density at radius 2 is 1.91 bits per heavy atom. The van der Waals surface area contributed by atoms with Crippen LogP contribution in [0.25, 0.3) is 23.0 Å². The first-order chi connectivity index (χ1) is 10.8. The lowest BCUT2D eigenvalue weighted by Crippen LogP contribution is -2.05. The van der Waals surface area contributed by atoms with Crippen molar-refractivity contribution in [3.05, 3.63) is 47.7 Å². The van der Waals surface area contributed by atoms with Gasteiger partial charge in [0.2, 0.25) is 5.82 Å². The summed E-state index contributed by atoms with van der Waals surface area (Å²) >= 11 is 0. The van der Waals surface area contributed by atoms with E-state index in [1.807, 2.05) is 6.92 Å². The fraction of sp³-hybridized carbons (Fsp3) is 0.133. The van der Waals surface area contributed by atoms with E-state index in [0.717, 1.165) is 17.7 Å². The van der Waals surface area contributed by atoms with Crippen molar-refractivity contribution in [1.29, 1.82) is 0 Å². The third-order valence-corrected chi connectivity index (χ3v) is 3.13. The van der Waals surface area contributed by atoms with Crippen LogP contribution >= 0.6 is 0 Å². The molecule has 0 bridgehead atoms. The van der Waals surface area contributed by atoms with E-state index in [-0.39, 0.29) is 23.2 Å². The van der Waals surface area contributed by atoms with Crippen molar-refractivity contribution < 1.29 is 22.8 Å². The molecule has 3 rings (SSSR count). The Morgan fingerprint density at radius 1 is 1.13 bits per heavy atom. The van der Waals surface area contributed by atoms with Gasteiger partial charge in [0.05, 0.1) is 11.1 Å². The molecule has 0 amide bonds. The Kier molecular flexibility index (Phi) is 3.51. The zero-order valence-electron chi connectivity index (χ0n) is 11.8. The Morgan fingerprint density at radius 3 is 2.57 bits per heavy atom. The van der Waals surface area contributed by atoms with E-state index in [2.05, 4.69) is 15.1 Å². The number of aryl methyl sites for hydroxylation is 1. The molecule has 2 heterocycles. The molecule has 0 radical (unpaired) electrons. The van der Waals surface area contributed by atoms with Crippen molar-refractivity contribution >= 4 is 0 Å². The van der Waals surface area contributed by atoms with Crippen molar-refractivity contribution in [2.24, 2.45) is 0 Å². The van der Waals surface area contributed by atoms with Crippen LogP contribution in [0.5, 0.6) is 5.75 Å². The summed E-state index contributed by atoms with van der Waals surface area (Å²) in [6, 6.07) is 6.92. The van der Waals surface area contributed by atoms with Crippen LogP contribution < -0.4 is 0 Å². The third-order valence-electron chi connectivity index (χ3n) is 3.13. The number of rotatable bonds is 2. The van der Waals surface area contributed by atoms with Gasteiger partial charge in [-0.25, -0.2) is 0 Å². The number of benzene rings is 1. The van der Waals surface area contributed by atoms with Crippen LogP contribution in [-0.4, -0.2) is 20.2 Å². The Balaban J connectivity index is 1.94. The Bertz CT molecular complexity index is 842. The summed E-state index contributed by atoms with van der Waals surface area (Å²) in [7, 11) is 0. The number of phenolic OH excluding ortho intramolecular Hbond substituents is 1. The summed E-state index contributed by atoms with van der Waals surface area (Å²) in [4.78, 5) is 7.76. The summed E-state index contributed by atoms with van der Waals surface area (Å²) in [6.45, 7) is 1.83. The van der Waals surface area contributed by atoms with Crippen LogP contribution in [0.2, 0.25) is 0 Å². The summed E-state index contributed by atoms with van der Waals surface area (Å²) in [6.07, 6.45) is -3.75. The molecule has 0 spiro atoms. The first kappa shape index (κ1) is 15.0. The fourth-order valence-electron chi connectivity index (χ4n) is 1.95.